The molecule has 0 saturated carbocycles. The molecule has 27 heavy (non-hydrogen) atoms. The fourth-order valence-electron chi connectivity index (χ4n) is 2.75. The van der Waals surface area contributed by atoms with Gasteiger partial charge in [0.1, 0.15) is 35.0 Å². The Morgan fingerprint density at radius 3 is 2.52 bits per heavy atom. The van der Waals surface area contributed by atoms with Crippen LogP contribution in [-0.2, 0) is 0 Å². The first-order valence-electron chi connectivity index (χ1n) is 8.35. The van der Waals surface area contributed by atoms with E-state index in [1.807, 2.05) is 19.0 Å². The van der Waals surface area contributed by atoms with Gasteiger partial charge in [-0.25, -0.2) is 4.79 Å². The third-order valence-electron chi connectivity index (χ3n) is 4.13. The van der Waals surface area contributed by atoms with Crippen molar-refractivity contribution in [2.24, 2.45) is 0 Å². The molecule has 0 aliphatic rings. The predicted octanol–water partition coefficient (Wildman–Crippen LogP) is 3.45. The number of fused-ring (bicyclic) bond motifs is 1. The summed E-state index contributed by atoms with van der Waals surface area (Å²) in [6.07, 6.45) is 0. The second kappa shape index (κ2) is 7.59. The Morgan fingerprint density at radius 1 is 1.15 bits per heavy atom. The molecule has 0 saturated heterocycles. The van der Waals surface area contributed by atoms with Crippen LogP contribution in [0.4, 0.5) is 0 Å². The van der Waals surface area contributed by atoms with Crippen LogP contribution in [0.3, 0.4) is 0 Å². The highest BCUT2D eigenvalue weighted by molar-refractivity contribution is 6.08. The minimum atomic E-state index is -1.14. The summed E-state index contributed by atoms with van der Waals surface area (Å²) >= 11 is 0. The fourth-order valence-corrected chi connectivity index (χ4v) is 2.75. The lowest BCUT2D eigenvalue weighted by molar-refractivity contribution is 0.0699. The Balaban J connectivity index is 2.01. The number of likely N-dealkylation sites (N-methyl/N-ethyl adjacent to an activating group) is 1. The molecule has 2 N–H and O–H groups in total. The third kappa shape index (κ3) is 3.83. The molecule has 0 aliphatic carbocycles. The van der Waals surface area contributed by atoms with Gasteiger partial charge in [-0.1, -0.05) is 0 Å². The van der Waals surface area contributed by atoms with E-state index in [1.165, 1.54) is 13.2 Å². The Labute approximate surface area is 156 Å². The van der Waals surface area contributed by atoms with Crippen LogP contribution in [0.1, 0.15) is 10.4 Å². The SMILES string of the molecule is COc1ccc2c(C(=O)O)c(-c3ccc(OCCN(C)C)cc3O)oc2c1. The number of rotatable bonds is 7. The van der Waals surface area contributed by atoms with Crippen molar-refractivity contribution in [3.05, 3.63) is 42.0 Å². The number of carboxylic acid groups (broad SMARTS) is 1. The van der Waals surface area contributed by atoms with E-state index in [0.29, 0.717) is 29.1 Å². The van der Waals surface area contributed by atoms with Crippen LogP contribution >= 0.6 is 0 Å². The number of phenolic OH excluding ortho intramolecular Hbond substituents is 1. The van der Waals surface area contributed by atoms with E-state index in [-0.39, 0.29) is 22.6 Å². The van der Waals surface area contributed by atoms with Gasteiger partial charge in [0, 0.05) is 24.1 Å². The second-order valence-electron chi connectivity index (χ2n) is 6.30. The van der Waals surface area contributed by atoms with Crippen LogP contribution in [-0.4, -0.2) is 55.4 Å². The molecule has 3 aromatic rings. The smallest absolute Gasteiger partial charge is 0.340 e. The first-order valence-corrected chi connectivity index (χ1v) is 8.35. The number of carbonyl (C=O) groups is 1. The first-order chi connectivity index (χ1) is 12.9. The quantitative estimate of drug-likeness (QED) is 0.657. The van der Waals surface area contributed by atoms with Crippen LogP contribution < -0.4 is 9.47 Å². The number of furan rings is 1. The molecule has 7 nitrogen and oxygen atoms in total. The summed E-state index contributed by atoms with van der Waals surface area (Å²) in [5.41, 5.74) is 0.638. The topological polar surface area (TPSA) is 92.4 Å². The van der Waals surface area contributed by atoms with Crippen LogP contribution in [0.2, 0.25) is 0 Å². The summed E-state index contributed by atoms with van der Waals surface area (Å²) in [5, 5.41) is 20.5. The second-order valence-corrected chi connectivity index (χ2v) is 6.30. The predicted molar refractivity (Wildman–Crippen MR) is 101 cm³/mol. The molecule has 0 spiro atoms. The number of hydrogen-bond donors (Lipinski definition) is 2. The zero-order valence-corrected chi connectivity index (χ0v) is 15.4. The first kappa shape index (κ1) is 18.6. The average Bonchev–Trinajstić information content (AvgIpc) is 2.99. The van der Waals surface area contributed by atoms with Crippen LogP contribution in [0, 0.1) is 0 Å². The van der Waals surface area contributed by atoms with Gasteiger partial charge < -0.3 is 29.0 Å². The lowest BCUT2D eigenvalue weighted by atomic mass is 10.0. The van der Waals surface area contributed by atoms with Crippen LogP contribution in [0.25, 0.3) is 22.3 Å². The van der Waals surface area contributed by atoms with Crippen molar-refractivity contribution in [2.45, 2.75) is 0 Å². The molecule has 0 unspecified atom stereocenters. The number of aromatic carboxylic acids is 1. The third-order valence-corrected chi connectivity index (χ3v) is 4.13. The standard InChI is InChI=1S/C20H21NO6/c1-21(2)8-9-26-13-5-6-14(16(22)10-13)19-18(20(23)24)15-7-4-12(25-3)11-17(15)27-19/h4-7,10-11,22H,8-9H2,1-3H3,(H,23,24). The molecule has 1 aromatic heterocycles. The molecule has 2 aromatic carbocycles. The molecule has 0 bridgehead atoms. The molecule has 3 rings (SSSR count). The number of methoxy groups -OCH3 is 1. The van der Waals surface area contributed by atoms with E-state index in [1.54, 1.807) is 30.3 Å². The van der Waals surface area contributed by atoms with Gasteiger partial charge in [-0.05, 0) is 38.4 Å². The maximum atomic E-state index is 11.8. The molecular formula is C20H21NO6. The zero-order chi connectivity index (χ0) is 19.6. The largest absolute Gasteiger partial charge is 0.507 e. The average molecular weight is 371 g/mol. The number of hydrogen-bond acceptors (Lipinski definition) is 6. The van der Waals surface area contributed by atoms with E-state index in [2.05, 4.69) is 0 Å². The normalized spacial score (nSPS) is 11.1. The number of nitrogens with zero attached hydrogens (tertiary/aromatic N) is 1. The van der Waals surface area contributed by atoms with Crippen molar-refractivity contribution in [2.75, 3.05) is 34.4 Å². The molecule has 7 heteroatoms. The van der Waals surface area contributed by atoms with Gasteiger partial charge in [-0.2, -0.15) is 0 Å². The molecule has 1 heterocycles. The van der Waals surface area contributed by atoms with Crippen molar-refractivity contribution >= 4 is 16.9 Å². The van der Waals surface area contributed by atoms with Gasteiger partial charge in [0.05, 0.1) is 12.7 Å². The van der Waals surface area contributed by atoms with Crippen LogP contribution in [0.15, 0.2) is 40.8 Å². The zero-order valence-electron chi connectivity index (χ0n) is 15.4. The minimum Gasteiger partial charge on any atom is -0.507 e. The summed E-state index contributed by atoms with van der Waals surface area (Å²) in [6.45, 7) is 1.20. The monoisotopic (exact) mass is 371 g/mol. The number of ether oxygens (including phenoxy) is 2. The highest BCUT2D eigenvalue weighted by atomic mass is 16.5. The highest BCUT2D eigenvalue weighted by Gasteiger charge is 2.24. The summed E-state index contributed by atoms with van der Waals surface area (Å²) < 4.78 is 16.5. The Hall–Kier alpha value is -3.19. The molecule has 142 valence electrons. The Bertz CT molecular complexity index is 976. The van der Waals surface area contributed by atoms with Crippen molar-refractivity contribution in [1.29, 1.82) is 0 Å². The molecule has 0 amide bonds. The maximum Gasteiger partial charge on any atom is 0.340 e. The van der Waals surface area contributed by atoms with E-state index in [4.69, 9.17) is 13.9 Å². The van der Waals surface area contributed by atoms with Crippen molar-refractivity contribution < 1.29 is 28.9 Å². The maximum absolute atomic E-state index is 11.8. The fraction of sp³-hybridized carbons (Fsp3) is 0.250. The Kier molecular flexibility index (Phi) is 5.23. The van der Waals surface area contributed by atoms with Crippen molar-refractivity contribution in [1.82, 2.24) is 4.90 Å². The highest BCUT2D eigenvalue weighted by Crippen LogP contribution is 2.40. The summed E-state index contributed by atoms with van der Waals surface area (Å²) in [4.78, 5) is 13.8. The summed E-state index contributed by atoms with van der Waals surface area (Å²) in [7, 11) is 5.39. The molecule has 0 atom stereocenters. The van der Waals surface area contributed by atoms with E-state index in [0.717, 1.165) is 6.54 Å². The lowest BCUT2D eigenvalue weighted by Crippen LogP contribution is -2.19. The van der Waals surface area contributed by atoms with Crippen molar-refractivity contribution in [3.8, 4) is 28.6 Å². The Morgan fingerprint density at radius 2 is 1.89 bits per heavy atom. The van der Waals surface area contributed by atoms with Gasteiger partial charge in [-0.3, -0.25) is 0 Å². The number of benzene rings is 2. The molecular weight excluding hydrogens is 350 g/mol. The van der Waals surface area contributed by atoms with Gasteiger partial charge >= 0.3 is 5.97 Å². The van der Waals surface area contributed by atoms with E-state index in [9.17, 15) is 15.0 Å². The summed E-state index contributed by atoms with van der Waals surface area (Å²) in [5.74, 6) is -0.130. The van der Waals surface area contributed by atoms with E-state index < -0.39 is 5.97 Å². The lowest BCUT2D eigenvalue weighted by Gasteiger charge is -2.12. The van der Waals surface area contributed by atoms with Gasteiger partial charge in [0.2, 0.25) is 0 Å². The molecule has 0 fully saturated rings. The van der Waals surface area contributed by atoms with E-state index >= 15 is 0 Å². The van der Waals surface area contributed by atoms with Gasteiger partial charge in [0.15, 0.2) is 5.76 Å². The number of phenols is 1. The summed E-state index contributed by atoms with van der Waals surface area (Å²) in [6, 6.07) is 9.60. The van der Waals surface area contributed by atoms with Crippen molar-refractivity contribution in [3.63, 3.8) is 0 Å². The molecule has 0 radical (unpaired) electrons. The molecule has 0 aliphatic heterocycles. The van der Waals surface area contributed by atoms with Crippen LogP contribution in [0.5, 0.6) is 17.2 Å². The minimum absolute atomic E-state index is 0.00997. The number of carboxylic acids is 1. The van der Waals surface area contributed by atoms with Gasteiger partial charge in [0.25, 0.3) is 0 Å². The van der Waals surface area contributed by atoms with Gasteiger partial charge in [-0.15, -0.1) is 0 Å². The number of aromatic hydroxyl groups is 1.